The number of piperidine rings is 1. The predicted octanol–water partition coefficient (Wildman–Crippen LogP) is 2.46. The molecule has 9 nitrogen and oxygen atoms in total. The second kappa shape index (κ2) is 9.61. The lowest BCUT2D eigenvalue weighted by Gasteiger charge is -2.34. The standard InChI is InChI=1S/C24H30N4O5S/c1-4-15(2)21(26-22-18-7-5-6-8-20(18)34(31,32)27-22)24(30)28-13-11-17(12-14-28)25-23(29)19-10-9-16(3)33-19/h5-10,15,17,21H,4,11-14H2,1-3H3,(H,25,29)(H,26,27)/t15-,21-/m0/s1. The minimum absolute atomic E-state index is 0.0520. The number of likely N-dealkylation sites (tertiary alicyclic amines) is 1. The number of hydrogen-bond donors (Lipinski definition) is 2. The van der Waals surface area contributed by atoms with Crippen molar-refractivity contribution >= 4 is 27.7 Å². The zero-order valence-corrected chi connectivity index (χ0v) is 20.4. The van der Waals surface area contributed by atoms with Gasteiger partial charge in [0.05, 0.1) is 4.90 Å². The molecule has 2 N–H and O–H groups in total. The van der Waals surface area contributed by atoms with Crippen molar-refractivity contribution in [3.8, 4) is 0 Å². The maximum atomic E-state index is 13.5. The SMILES string of the molecule is CC[C@H](C)[C@H](N=C1NS(=O)(=O)c2ccccc21)C(=O)N1CCC(NC(=O)c2ccc(C)o2)CC1. The van der Waals surface area contributed by atoms with Gasteiger partial charge in [-0.3, -0.25) is 19.3 Å². The Hall–Kier alpha value is -3.14. The summed E-state index contributed by atoms with van der Waals surface area (Å²) in [5.41, 5.74) is 0.484. The highest BCUT2D eigenvalue weighted by Crippen LogP contribution is 2.25. The second-order valence-electron chi connectivity index (χ2n) is 8.89. The summed E-state index contributed by atoms with van der Waals surface area (Å²) in [6.45, 7) is 6.69. The highest BCUT2D eigenvalue weighted by Gasteiger charge is 2.35. The van der Waals surface area contributed by atoms with Crippen LogP contribution in [0.3, 0.4) is 0 Å². The Kier molecular flexibility index (Phi) is 6.79. The number of amidine groups is 1. The molecule has 3 heterocycles. The van der Waals surface area contributed by atoms with Crippen LogP contribution in [0, 0.1) is 12.8 Å². The summed E-state index contributed by atoms with van der Waals surface area (Å²) in [6, 6.07) is 9.27. The van der Waals surface area contributed by atoms with Crippen LogP contribution in [-0.2, 0) is 14.8 Å². The van der Waals surface area contributed by atoms with Gasteiger partial charge in [-0.25, -0.2) is 8.42 Å². The van der Waals surface area contributed by atoms with Crippen LogP contribution in [0.2, 0.25) is 0 Å². The van der Waals surface area contributed by atoms with Crippen molar-refractivity contribution in [2.75, 3.05) is 13.1 Å². The molecule has 4 rings (SSSR count). The molecule has 2 amide bonds. The summed E-state index contributed by atoms with van der Waals surface area (Å²) < 4.78 is 32.8. The fourth-order valence-electron chi connectivity index (χ4n) is 4.26. The predicted molar refractivity (Wildman–Crippen MR) is 127 cm³/mol. The lowest BCUT2D eigenvalue weighted by atomic mass is 9.96. The zero-order chi connectivity index (χ0) is 24.5. The number of carbonyl (C=O) groups is 2. The fraction of sp³-hybridized carbons (Fsp3) is 0.458. The third-order valence-electron chi connectivity index (χ3n) is 6.47. The first-order chi connectivity index (χ1) is 16.2. The van der Waals surface area contributed by atoms with Crippen LogP contribution in [0.25, 0.3) is 0 Å². The monoisotopic (exact) mass is 486 g/mol. The Morgan fingerprint density at radius 1 is 1.21 bits per heavy atom. The van der Waals surface area contributed by atoms with E-state index in [1.54, 1.807) is 42.2 Å². The van der Waals surface area contributed by atoms with E-state index < -0.39 is 16.1 Å². The summed E-state index contributed by atoms with van der Waals surface area (Å²) in [4.78, 5) is 32.4. The number of hydrogen-bond acceptors (Lipinski definition) is 6. The highest BCUT2D eigenvalue weighted by atomic mass is 32.2. The van der Waals surface area contributed by atoms with Gasteiger partial charge in [-0.15, -0.1) is 0 Å². The average molecular weight is 487 g/mol. The minimum atomic E-state index is -3.68. The number of nitrogens with zero attached hydrogens (tertiary/aromatic N) is 2. The summed E-state index contributed by atoms with van der Waals surface area (Å²) in [5.74, 6) is 0.714. The first-order valence-corrected chi connectivity index (χ1v) is 13.0. The third-order valence-corrected chi connectivity index (χ3v) is 7.87. The molecule has 2 atom stereocenters. The van der Waals surface area contributed by atoms with Gasteiger partial charge in [0.2, 0.25) is 5.91 Å². The third kappa shape index (κ3) is 4.86. The number of aryl methyl sites for hydroxylation is 1. The van der Waals surface area contributed by atoms with Gasteiger partial charge in [0.1, 0.15) is 17.6 Å². The quantitative estimate of drug-likeness (QED) is 0.650. The van der Waals surface area contributed by atoms with Gasteiger partial charge in [-0.1, -0.05) is 32.4 Å². The summed E-state index contributed by atoms with van der Waals surface area (Å²) in [5, 5.41) is 2.97. The molecule has 0 radical (unpaired) electrons. The molecule has 34 heavy (non-hydrogen) atoms. The molecule has 10 heteroatoms. The molecule has 1 saturated heterocycles. The lowest BCUT2D eigenvalue weighted by Crippen LogP contribution is -2.50. The molecule has 1 aromatic carbocycles. The van der Waals surface area contributed by atoms with Gasteiger partial charge >= 0.3 is 0 Å². The van der Waals surface area contributed by atoms with E-state index in [-0.39, 0.29) is 40.3 Å². The largest absolute Gasteiger partial charge is 0.456 e. The Balaban J connectivity index is 1.45. The first kappa shape index (κ1) is 24.0. The van der Waals surface area contributed by atoms with E-state index in [0.717, 1.165) is 6.42 Å². The van der Waals surface area contributed by atoms with E-state index in [1.165, 1.54) is 6.07 Å². The Bertz CT molecular complexity index is 1210. The van der Waals surface area contributed by atoms with Crippen LogP contribution in [0.1, 0.15) is 55.0 Å². The van der Waals surface area contributed by atoms with Crippen molar-refractivity contribution in [1.29, 1.82) is 0 Å². The lowest BCUT2D eigenvalue weighted by molar-refractivity contribution is -0.134. The summed E-state index contributed by atoms with van der Waals surface area (Å²) in [7, 11) is -3.68. The Morgan fingerprint density at radius 2 is 1.91 bits per heavy atom. The molecule has 2 aliphatic heterocycles. The van der Waals surface area contributed by atoms with E-state index in [0.29, 0.717) is 37.3 Å². The molecule has 2 aromatic rings. The maximum absolute atomic E-state index is 13.5. The normalized spacial score (nSPS) is 20.4. The first-order valence-electron chi connectivity index (χ1n) is 11.6. The molecule has 0 saturated carbocycles. The number of benzene rings is 1. The van der Waals surface area contributed by atoms with Gasteiger partial charge in [0.25, 0.3) is 15.9 Å². The van der Waals surface area contributed by atoms with Crippen molar-refractivity contribution in [3.63, 3.8) is 0 Å². The number of nitrogens with one attached hydrogen (secondary N) is 2. The zero-order valence-electron chi connectivity index (χ0n) is 19.6. The number of fused-ring (bicyclic) bond motifs is 1. The molecule has 0 bridgehead atoms. The number of carbonyl (C=O) groups excluding carboxylic acids is 2. The molecule has 0 spiro atoms. The molecule has 0 unspecified atom stereocenters. The number of furan rings is 1. The van der Waals surface area contributed by atoms with Crippen LogP contribution in [-0.4, -0.2) is 56.1 Å². The van der Waals surface area contributed by atoms with Gasteiger partial charge in [0, 0.05) is 24.7 Å². The van der Waals surface area contributed by atoms with Crippen molar-refractivity contribution in [2.24, 2.45) is 10.9 Å². The average Bonchev–Trinajstić information content (AvgIpc) is 3.38. The van der Waals surface area contributed by atoms with E-state index in [1.807, 2.05) is 13.8 Å². The van der Waals surface area contributed by atoms with Gasteiger partial charge in [0.15, 0.2) is 5.76 Å². The maximum Gasteiger partial charge on any atom is 0.287 e. The van der Waals surface area contributed by atoms with Crippen molar-refractivity contribution in [3.05, 3.63) is 53.5 Å². The van der Waals surface area contributed by atoms with E-state index in [9.17, 15) is 18.0 Å². The van der Waals surface area contributed by atoms with Gasteiger partial charge in [-0.05, 0) is 49.9 Å². The van der Waals surface area contributed by atoms with Gasteiger partial charge in [-0.2, -0.15) is 0 Å². The van der Waals surface area contributed by atoms with E-state index in [2.05, 4.69) is 15.0 Å². The Labute approximate surface area is 199 Å². The van der Waals surface area contributed by atoms with Crippen LogP contribution in [0.15, 0.2) is 50.7 Å². The summed E-state index contributed by atoms with van der Waals surface area (Å²) >= 11 is 0. The molecule has 182 valence electrons. The minimum Gasteiger partial charge on any atom is -0.456 e. The number of aliphatic imine (C=N–C) groups is 1. The van der Waals surface area contributed by atoms with Crippen molar-refractivity contribution < 1.29 is 22.4 Å². The van der Waals surface area contributed by atoms with Crippen molar-refractivity contribution in [2.45, 2.75) is 57.0 Å². The van der Waals surface area contributed by atoms with Crippen LogP contribution >= 0.6 is 0 Å². The van der Waals surface area contributed by atoms with E-state index in [4.69, 9.17) is 4.42 Å². The van der Waals surface area contributed by atoms with Crippen LogP contribution < -0.4 is 10.0 Å². The van der Waals surface area contributed by atoms with Gasteiger partial charge < -0.3 is 14.6 Å². The molecular weight excluding hydrogens is 456 g/mol. The van der Waals surface area contributed by atoms with Crippen molar-refractivity contribution in [1.82, 2.24) is 14.9 Å². The van der Waals surface area contributed by atoms with Crippen LogP contribution in [0.4, 0.5) is 0 Å². The molecule has 1 fully saturated rings. The summed E-state index contributed by atoms with van der Waals surface area (Å²) in [6.07, 6.45) is 1.96. The van der Waals surface area contributed by atoms with E-state index >= 15 is 0 Å². The molecule has 0 aliphatic carbocycles. The number of sulfonamides is 1. The highest BCUT2D eigenvalue weighted by molar-refractivity contribution is 7.90. The smallest absolute Gasteiger partial charge is 0.287 e. The second-order valence-corrected chi connectivity index (χ2v) is 10.5. The fourth-order valence-corrected chi connectivity index (χ4v) is 5.50. The molecule has 1 aromatic heterocycles. The Morgan fingerprint density at radius 3 is 2.56 bits per heavy atom. The topological polar surface area (TPSA) is 121 Å². The number of rotatable bonds is 6. The van der Waals surface area contributed by atoms with Crippen LogP contribution in [0.5, 0.6) is 0 Å². The number of amides is 2. The molecular formula is C24H30N4O5S. The molecule has 2 aliphatic rings.